The lowest BCUT2D eigenvalue weighted by Crippen LogP contribution is -2.01. The lowest BCUT2D eigenvalue weighted by atomic mass is 10.2. The number of benzene rings is 1. The first kappa shape index (κ1) is 10.2. The first-order valence-corrected chi connectivity index (χ1v) is 5.47. The number of aromatic nitrogens is 1. The number of fused-ring (bicyclic) bond motifs is 1. The van der Waals surface area contributed by atoms with Crippen molar-refractivity contribution >= 4 is 10.9 Å². The Kier molecular flexibility index (Phi) is 2.78. The normalized spacial score (nSPS) is 13.3. The summed E-state index contributed by atoms with van der Waals surface area (Å²) < 4.78 is 2.25. The van der Waals surface area contributed by atoms with E-state index in [1.807, 2.05) is 12.1 Å². The zero-order valence-corrected chi connectivity index (χ0v) is 9.27. The quantitative estimate of drug-likeness (QED) is 0.814. The highest BCUT2D eigenvalue weighted by molar-refractivity contribution is 5.83. The van der Waals surface area contributed by atoms with Gasteiger partial charge in [-0.25, -0.2) is 0 Å². The smallest absolute Gasteiger partial charge is 0.0702 e. The van der Waals surface area contributed by atoms with E-state index in [9.17, 15) is 5.11 Å². The first-order valence-electron chi connectivity index (χ1n) is 5.47. The number of aliphatic hydroxyl groups is 1. The molecule has 1 aromatic heterocycles. The Hall–Kier alpha value is -1.28. The average Bonchev–Trinajstić information content (AvgIpc) is 2.67. The molecule has 0 fully saturated rings. The molecule has 15 heavy (non-hydrogen) atoms. The van der Waals surface area contributed by atoms with Crippen LogP contribution in [0.15, 0.2) is 30.5 Å². The van der Waals surface area contributed by atoms with Crippen LogP contribution < -0.4 is 0 Å². The Balaban J connectivity index is 2.65. The van der Waals surface area contributed by atoms with Gasteiger partial charge in [0.2, 0.25) is 0 Å². The molecule has 0 spiro atoms. The monoisotopic (exact) mass is 203 g/mol. The minimum atomic E-state index is 0.115. The third-order valence-corrected chi connectivity index (χ3v) is 3.06. The molecule has 1 N–H and O–H groups in total. The van der Waals surface area contributed by atoms with E-state index >= 15 is 0 Å². The molecule has 0 amide bonds. The van der Waals surface area contributed by atoms with Crippen LogP contribution in [-0.2, 0) is 6.61 Å². The number of hydrogen-bond acceptors (Lipinski definition) is 1. The van der Waals surface area contributed by atoms with Gasteiger partial charge in [-0.2, -0.15) is 0 Å². The molecule has 0 aliphatic heterocycles. The van der Waals surface area contributed by atoms with Crippen LogP contribution >= 0.6 is 0 Å². The zero-order chi connectivity index (χ0) is 10.8. The highest BCUT2D eigenvalue weighted by Crippen LogP contribution is 2.25. The molecule has 2 aromatic rings. The molecule has 0 radical (unpaired) electrons. The van der Waals surface area contributed by atoms with E-state index < -0.39 is 0 Å². The average molecular weight is 203 g/mol. The molecule has 0 saturated carbocycles. The van der Waals surface area contributed by atoms with E-state index in [0.717, 1.165) is 12.0 Å². The van der Waals surface area contributed by atoms with Crippen molar-refractivity contribution in [2.75, 3.05) is 0 Å². The van der Waals surface area contributed by atoms with Crippen LogP contribution in [0.2, 0.25) is 0 Å². The van der Waals surface area contributed by atoms with Crippen molar-refractivity contribution in [3.8, 4) is 0 Å². The van der Waals surface area contributed by atoms with Gasteiger partial charge in [0.15, 0.2) is 0 Å². The molecule has 80 valence electrons. The van der Waals surface area contributed by atoms with Crippen LogP contribution in [0, 0.1) is 0 Å². The fourth-order valence-electron chi connectivity index (χ4n) is 1.96. The van der Waals surface area contributed by atoms with E-state index in [1.165, 1.54) is 10.9 Å². The predicted molar refractivity (Wildman–Crippen MR) is 62.9 cm³/mol. The van der Waals surface area contributed by atoms with E-state index in [0.29, 0.717) is 6.04 Å². The second-order valence-electron chi connectivity index (χ2n) is 3.99. The van der Waals surface area contributed by atoms with E-state index in [2.05, 4.69) is 36.7 Å². The number of nitrogens with zero attached hydrogens (tertiary/aromatic N) is 1. The maximum absolute atomic E-state index is 9.29. The molecular formula is C13H17NO. The Bertz CT molecular complexity index is 459. The largest absolute Gasteiger partial charge is 0.392 e. The van der Waals surface area contributed by atoms with Gasteiger partial charge >= 0.3 is 0 Å². The van der Waals surface area contributed by atoms with Gasteiger partial charge in [0.25, 0.3) is 0 Å². The van der Waals surface area contributed by atoms with Crippen molar-refractivity contribution in [3.05, 3.63) is 36.0 Å². The third-order valence-electron chi connectivity index (χ3n) is 3.06. The lowest BCUT2D eigenvalue weighted by Gasteiger charge is -2.12. The minimum absolute atomic E-state index is 0.115. The number of para-hydroxylation sites is 1. The van der Waals surface area contributed by atoms with Crippen LogP contribution in [-0.4, -0.2) is 9.67 Å². The van der Waals surface area contributed by atoms with Gasteiger partial charge in [0, 0.05) is 28.7 Å². The fraction of sp³-hybridized carbons (Fsp3) is 0.385. The summed E-state index contributed by atoms with van der Waals surface area (Å²) in [4.78, 5) is 0. The predicted octanol–water partition coefficient (Wildman–Crippen LogP) is 3.10. The molecule has 0 saturated heterocycles. The molecule has 0 aliphatic rings. The van der Waals surface area contributed by atoms with Crippen LogP contribution in [0.1, 0.15) is 31.9 Å². The summed E-state index contributed by atoms with van der Waals surface area (Å²) in [6, 6.07) is 8.72. The van der Waals surface area contributed by atoms with Gasteiger partial charge < -0.3 is 9.67 Å². The van der Waals surface area contributed by atoms with Gasteiger partial charge in [0.05, 0.1) is 6.61 Å². The zero-order valence-electron chi connectivity index (χ0n) is 9.27. The van der Waals surface area contributed by atoms with Crippen molar-refractivity contribution in [2.24, 2.45) is 0 Å². The van der Waals surface area contributed by atoms with Gasteiger partial charge in [-0.05, 0) is 19.4 Å². The fourth-order valence-corrected chi connectivity index (χ4v) is 1.96. The summed E-state index contributed by atoms with van der Waals surface area (Å²) in [5, 5.41) is 10.5. The molecule has 2 heteroatoms. The molecule has 1 aromatic carbocycles. The topological polar surface area (TPSA) is 25.2 Å². The van der Waals surface area contributed by atoms with Crippen molar-refractivity contribution in [1.82, 2.24) is 4.57 Å². The third kappa shape index (κ3) is 1.65. The SMILES string of the molecule is CCC(C)n1cc(CO)c2ccccc21. The summed E-state index contributed by atoms with van der Waals surface area (Å²) in [5.41, 5.74) is 2.24. The molecule has 1 unspecified atom stereocenters. The van der Waals surface area contributed by atoms with E-state index in [4.69, 9.17) is 0 Å². The number of rotatable bonds is 3. The van der Waals surface area contributed by atoms with Crippen LogP contribution in [0.25, 0.3) is 10.9 Å². The number of aliphatic hydroxyl groups excluding tert-OH is 1. The molecule has 0 bridgehead atoms. The minimum Gasteiger partial charge on any atom is -0.392 e. The Labute approximate surface area is 90.2 Å². The van der Waals surface area contributed by atoms with Gasteiger partial charge in [0.1, 0.15) is 0 Å². The molecule has 2 nitrogen and oxygen atoms in total. The van der Waals surface area contributed by atoms with Crippen molar-refractivity contribution in [1.29, 1.82) is 0 Å². The van der Waals surface area contributed by atoms with Crippen molar-refractivity contribution < 1.29 is 5.11 Å². The standard InChI is InChI=1S/C13H17NO/c1-3-10(2)14-8-11(9-15)12-6-4-5-7-13(12)14/h4-8,10,15H,3,9H2,1-2H3. The van der Waals surface area contributed by atoms with Crippen LogP contribution in [0.4, 0.5) is 0 Å². The lowest BCUT2D eigenvalue weighted by molar-refractivity contribution is 0.283. The van der Waals surface area contributed by atoms with E-state index in [-0.39, 0.29) is 6.61 Å². The summed E-state index contributed by atoms with van der Waals surface area (Å²) in [7, 11) is 0. The Morgan fingerprint density at radius 1 is 1.33 bits per heavy atom. The molecule has 1 atom stereocenters. The highest BCUT2D eigenvalue weighted by atomic mass is 16.3. The second kappa shape index (κ2) is 4.07. The number of hydrogen-bond donors (Lipinski definition) is 1. The molecule has 2 rings (SSSR count). The molecular weight excluding hydrogens is 186 g/mol. The van der Waals surface area contributed by atoms with Gasteiger partial charge in [-0.3, -0.25) is 0 Å². The van der Waals surface area contributed by atoms with Crippen molar-refractivity contribution in [2.45, 2.75) is 32.9 Å². The molecule has 1 heterocycles. The van der Waals surface area contributed by atoms with Crippen molar-refractivity contribution in [3.63, 3.8) is 0 Å². The van der Waals surface area contributed by atoms with Crippen LogP contribution in [0.5, 0.6) is 0 Å². The highest BCUT2D eigenvalue weighted by Gasteiger charge is 2.10. The Morgan fingerprint density at radius 2 is 2.07 bits per heavy atom. The van der Waals surface area contributed by atoms with E-state index in [1.54, 1.807) is 0 Å². The Morgan fingerprint density at radius 3 is 2.73 bits per heavy atom. The molecule has 0 aliphatic carbocycles. The van der Waals surface area contributed by atoms with Gasteiger partial charge in [-0.15, -0.1) is 0 Å². The summed E-state index contributed by atoms with van der Waals surface area (Å²) in [6.45, 7) is 4.50. The van der Waals surface area contributed by atoms with Crippen LogP contribution in [0.3, 0.4) is 0 Å². The first-order chi connectivity index (χ1) is 7.27. The summed E-state index contributed by atoms with van der Waals surface area (Å²) in [5.74, 6) is 0. The second-order valence-corrected chi connectivity index (χ2v) is 3.99. The van der Waals surface area contributed by atoms with Gasteiger partial charge in [-0.1, -0.05) is 25.1 Å². The maximum Gasteiger partial charge on any atom is 0.0702 e. The maximum atomic E-state index is 9.29. The summed E-state index contributed by atoms with van der Waals surface area (Å²) in [6.07, 6.45) is 3.17. The summed E-state index contributed by atoms with van der Waals surface area (Å²) >= 11 is 0.